The number of aliphatic hydroxyl groups excluding tert-OH is 2. The fourth-order valence-electron chi connectivity index (χ4n) is 6.36. The number of phenols is 1. The molecule has 0 saturated heterocycles. The quantitative estimate of drug-likeness (QED) is 0.355. The first kappa shape index (κ1) is 27.6. The first-order valence-corrected chi connectivity index (χ1v) is 12.9. The highest BCUT2D eigenvalue weighted by molar-refractivity contribution is 6.24. The second-order valence-electron chi connectivity index (χ2n) is 11.3. The molecule has 9 nitrogen and oxygen atoms in total. The molecule has 0 aliphatic heterocycles. The number of phenolic OH excluding ortho intramolecular Hbond substituents is 1. The first-order chi connectivity index (χ1) is 17.7. The Hall–Kier alpha value is -3.43. The van der Waals surface area contributed by atoms with Crippen molar-refractivity contribution in [3.8, 4) is 5.75 Å². The van der Waals surface area contributed by atoms with E-state index in [-0.39, 0.29) is 29.7 Å². The number of carbonyl (C=O) groups excluding carboxylic acids is 3. The lowest BCUT2D eigenvalue weighted by atomic mass is 9.58. The summed E-state index contributed by atoms with van der Waals surface area (Å²) >= 11 is 0. The Bertz CT molecular complexity index is 1320. The van der Waals surface area contributed by atoms with E-state index in [1.54, 1.807) is 20.2 Å². The third kappa shape index (κ3) is 4.05. The summed E-state index contributed by atoms with van der Waals surface area (Å²) in [7, 11) is 3.21. The van der Waals surface area contributed by atoms with Crippen molar-refractivity contribution in [2.45, 2.75) is 58.1 Å². The number of rotatable bonds is 6. The van der Waals surface area contributed by atoms with Crippen molar-refractivity contribution in [2.24, 2.45) is 23.5 Å². The molecule has 0 heterocycles. The van der Waals surface area contributed by atoms with E-state index in [0.717, 1.165) is 24.0 Å². The van der Waals surface area contributed by atoms with Gasteiger partial charge in [0.05, 0.1) is 11.6 Å². The largest absolute Gasteiger partial charge is 0.510 e. The third-order valence-electron chi connectivity index (χ3n) is 8.23. The summed E-state index contributed by atoms with van der Waals surface area (Å²) in [6.07, 6.45) is 4.31. The molecular formula is C29H36N2O7. The Morgan fingerprint density at radius 1 is 1.21 bits per heavy atom. The zero-order chi connectivity index (χ0) is 28.3. The van der Waals surface area contributed by atoms with Gasteiger partial charge in [0.1, 0.15) is 22.8 Å². The zero-order valence-corrected chi connectivity index (χ0v) is 22.4. The molecule has 1 aromatic carbocycles. The van der Waals surface area contributed by atoms with Crippen molar-refractivity contribution in [3.63, 3.8) is 0 Å². The maximum absolute atomic E-state index is 13.8. The Labute approximate surface area is 221 Å². The minimum atomic E-state index is -2.63. The van der Waals surface area contributed by atoms with Crippen molar-refractivity contribution in [2.75, 3.05) is 14.1 Å². The van der Waals surface area contributed by atoms with Crippen molar-refractivity contribution in [3.05, 3.63) is 57.6 Å². The number of fused-ring (bicyclic) bond motifs is 3. The number of hydrogen-bond donors (Lipinski definition) is 5. The number of aliphatic hydroxyl groups is 3. The second kappa shape index (κ2) is 9.71. The topological polar surface area (TPSA) is 161 Å². The van der Waals surface area contributed by atoms with Gasteiger partial charge in [-0.2, -0.15) is 0 Å². The molecule has 1 amide bonds. The molecule has 3 aliphatic carbocycles. The molecule has 0 radical (unpaired) electrons. The van der Waals surface area contributed by atoms with Gasteiger partial charge < -0.3 is 26.2 Å². The average molecular weight is 525 g/mol. The minimum absolute atomic E-state index is 0.0277. The molecule has 4 rings (SSSR count). The summed E-state index contributed by atoms with van der Waals surface area (Å²) in [6, 6.07) is 2.20. The maximum atomic E-state index is 13.8. The van der Waals surface area contributed by atoms with Crippen LogP contribution in [0.15, 0.2) is 40.9 Å². The Balaban J connectivity index is 1.88. The standard InChI is InChI=1S/C29H36N2O7/c1-13(2)7-6-8-14(3)16-9-10-19(32)21-17(16)11-15-12-18-23(31(4)5)25(34)22(28(30)37)27(36)29(18,38)26(35)20(15)24(21)33/h8-10,13,15,18,23,32,34-35,38H,6-7,11-12H2,1-5H3,(H2,30,37)/b14-8-. The number of ketones is 2. The van der Waals surface area contributed by atoms with Gasteiger partial charge in [-0.05, 0) is 81.3 Å². The number of amides is 1. The van der Waals surface area contributed by atoms with Crippen LogP contribution in [-0.4, -0.2) is 68.5 Å². The number of benzene rings is 1. The normalized spacial score (nSPS) is 27.6. The molecule has 1 aromatic rings. The van der Waals surface area contributed by atoms with Gasteiger partial charge >= 0.3 is 0 Å². The number of Topliss-reactive ketones (excluding diaryl/α,β-unsaturated/α-hetero) is 2. The molecule has 4 atom stereocenters. The van der Waals surface area contributed by atoms with Gasteiger partial charge in [-0.15, -0.1) is 0 Å². The third-order valence-corrected chi connectivity index (χ3v) is 8.23. The van der Waals surface area contributed by atoms with E-state index in [1.807, 2.05) is 6.92 Å². The lowest BCUT2D eigenvalue weighted by Crippen LogP contribution is -2.63. The van der Waals surface area contributed by atoms with Gasteiger partial charge in [-0.25, -0.2) is 0 Å². The van der Waals surface area contributed by atoms with Crippen LogP contribution >= 0.6 is 0 Å². The van der Waals surface area contributed by atoms with Crippen LogP contribution in [0.5, 0.6) is 5.75 Å². The van der Waals surface area contributed by atoms with Gasteiger partial charge in [0.2, 0.25) is 5.78 Å². The van der Waals surface area contributed by atoms with Crippen molar-refractivity contribution < 1.29 is 34.8 Å². The Morgan fingerprint density at radius 3 is 2.45 bits per heavy atom. The number of hydrogen-bond acceptors (Lipinski definition) is 8. The predicted molar refractivity (Wildman–Crippen MR) is 141 cm³/mol. The highest BCUT2D eigenvalue weighted by Crippen LogP contribution is 2.52. The summed E-state index contributed by atoms with van der Waals surface area (Å²) in [4.78, 5) is 40.8. The molecule has 0 saturated carbocycles. The Kier molecular flexibility index (Phi) is 7.05. The van der Waals surface area contributed by atoms with Crippen LogP contribution in [0, 0.1) is 17.8 Å². The summed E-state index contributed by atoms with van der Waals surface area (Å²) in [5, 5.41) is 44.6. The fraction of sp³-hybridized carbons (Fsp3) is 0.483. The van der Waals surface area contributed by atoms with Crippen LogP contribution in [0.3, 0.4) is 0 Å². The molecular weight excluding hydrogens is 488 g/mol. The molecule has 6 N–H and O–H groups in total. The van der Waals surface area contributed by atoms with Crippen LogP contribution in [0.1, 0.15) is 61.5 Å². The highest BCUT2D eigenvalue weighted by atomic mass is 16.3. The van der Waals surface area contributed by atoms with E-state index in [4.69, 9.17) is 5.73 Å². The molecule has 0 bridgehead atoms. The molecule has 3 aliphatic rings. The van der Waals surface area contributed by atoms with Gasteiger partial charge in [0, 0.05) is 11.5 Å². The second-order valence-corrected chi connectivity index (χ2v) is 11.3. The van der Waals surface area contributed by atoms with E-state index in [9.17, 15) is 34.8 Å². The molecule has 0 aromatic heterocycles. The number of primary amides is 1. The number of likely N-dealkylation sites (N-methyl/N-ethyl adjacent to an activating group) is 1. The van der Waals surface area contributed by atoms with Gasteiger partial charge in [-0.3, -0.25) is 19.3 Å². The number of nitrogens with zero attached hydrogens (tertiary/aromatic N) is 1. The van der Waals surface area contributed by atoms with E-state index in [0.29, 0.717) is 11.5 Å². The maximum Gasteiger partial charge on any atom is 0.255 e. The smallest absolute Gasteiger partial charge is 0.255 e. The van der Waals surface area contributed by atoms with Crippen LogP contribution in [0.4, 0.5) is 0 Å². The van der Waals surface area contributed by atoms with Gasteiger partial charge in [0.15, 0.2) is 11.4 Å². The van der Waals surface area contributed by atoms with Gasteiger partial charge in [-0.1, -0.05) is 26.0 Å². The van der Waals surface area contributed by atoms with Crippen LogP contribution in [0.2, 0.25) is 0 Å². The first-order valence-electron chi connectivity index (χ1n) is 12.9. The summed E-state index contributed by atoms with van der Waals surface area (Å²) in [5.74, 6) is -5.95. The van der Waals surface area contributed by atoms with Gasteiger partial charge in [0.25, 0.3) is 5.91 Å². The number of allylic oxidation sites excluding steroid dienone is 3. The summed E-state index contributed by atoms with van der Waals surface area (Å²) in [6.45, 7) is 6.24. The number of nitrogens with two attached hydrogens (primary N) is 1. The predicted octanol–water partition coefficient (Wildman–Crippen LogP) is 2.96. The fourth-order valence-corrected chi connectivity index (χ4v) is 6.36. The lowest BCUT2D eigenvalue weighted by Gasteiger charge is -2.50. The molecule has 204 valence electrons. The molecule has 0 fully saturated rings. The van der Waals surface area contributed by atoms with Crippen molar-refractivity contribution >= 4 is 23.0 Å². The molecule has 0 spiro atoms. The SMILES string of the molecule is C/C(=C/CCC(C)C)c1ccc(O)c2c1CC1CC3C(N(C)C)C(O)=C(C(N)=O)C(=O)C3(O)C(O)=C1C2=O. The van der Waals surface area contributed by atoms with Crippen molar-refractivity contribution in [1.29, 1.82) is 0 Å². The minimum Gasteiger partial charge on any atom is -0.510 e. The lowest BCUT2D eigenvalue weighted by molar-refractivity contribution is -0.148. The summed E-state index contributed by atoms with van der Waals surface area (Å²) < 4.78 is 0. The van der Waals surface area contributed by atoms with E-state index in [2.05, 4.69) is 19.9 Å². The number of aromatic hydroxyl groups is 1. The molecule has 4 unspecified atom stereocenters. The molecule has 9 heteroatoms. The van der Waals surface area contributed by atoms with Crippen LogP contribution in [0.25, 0.3) is 5.57 Å². The van der Waals surface area contributed by atoms with E-state index in [1.165, 1.54) is 11.0 Å². The molecule has 38 heavy (non-hydrogen) atoms. The zero-order valence-electron chi connectivity index (χ0n) is 22.4. The number of carbonyl (C=O) groups is 3. The van der Waals surface area contributed by atoms with E-state index >= 15 is 0 Å². The Morgan fingerprint density at radius 2 is 1.87 bits per heavy atom. The van der Waals surface area contributed by atoms with Crippen LogP contribution < -0.4 is 5.73 Å². The summed E-state index contributed by atoms with van der Waals surface area (Å²) in [5.41, 5.74) is 4.21. The monoisotopic (exact) mass is 524 g/mol. The van der Waals surface area contributed by atoms with Crippen molar-refractivity contribution in [1.82, 2.24) is 4.90 Å². The van der Waals surface area contributed by atoms with Crippen LogP contribution in [-0.2, 0) is 16.0 Å². The highest BCUT2D eigenvalue weighted by Gasteiger charge is 2.63. The van der Waals surface area contributed by atoms with E-state index < -0.39 is 58.0 Å². The average Bonchev–Trinajstić information content (AvgIpc) is 2.80.